The minimum Gasteiger partial charge on any atom is -0.363 e. The Kier molecular flexibility index (Phi) is 5.32. The van der Waals surface area contributed by atoms with Crippen molar-refractivity contribution in [1.29, 1.82) is 0 Å². The first-order valence-corrected chi connectivity index (χ1v) is 6.14. The van der Waals surface area contributed by atoms with Crippen molar-refractivity contribution in [3.63, 3.8) is 0 Å². The number of nitrogens with one attached hydrogen (secondary N) is 1. The lowest BCUT2D eigenvalue weighted by molar-refractivity contribution is 0.660. The molecule has 0 saturated carbocycles. The van der Waals surface area contributed by atoms with E-state index in [0.717, 1.165) is 12.8 Å². The monoisotopic (exact) mass is 243 g/mol. The number of hydrogen-bond donors (Lipinski definition) is 1. The van der Waals surface area contributed by atoms with Gasteiger partial charge in [0.1, 0.15) is 0 Å². The van der Waals surface area contributed by atoms with Crippen LogP contribution in [0.2, 0.25) is 0 Å². The Morgan fingerprint density at radius 1 is 1.56 bits per heavy atom. The van der Waals surface area contributed by atoms with E-state index in [-0.39, 0.29) is 11.6 Å². The zero-order valence-corrected chi connectivity index (χ0v) is 10.5. The van der Waals surface area contributed by atoms with Crippen LogP contribution in [0.5, 0.6) is 0 Å². The van der Waals surface area contributed by atoms with Crippen molar-refractivity contribution in [2.45, 2.75) is 39.3 Å². The van der Waals surface area contributed by atoms with Gasteiger partial charge in [0.15, 0.2) is 5.82 Å². The van der Waals surface area contributed by atoms with Crippen LogP contribution in [0.4, 0.5) is 5.82 Å². The highest BCUT2D eigenvalue weighted by Gasteiger charge is 2.09. The Morgan fingerprint density at radius 3 is 2.88 bits per heavy atom. The fourth-order valence-electron chi connectivity index (χ4n) is 1.50. The number of halogens is 1. The predicted molar refractivity (Wildman–Crippen MR) is 67.2 cm³/mol. The molecule has 5 heteroatoms. The maximum absolute atomic E-state index is 11.9. The molecule has 0 fully saturated rings. The van der Waals surface area contributed by atoms with Crippen LogP contribution >= 0.6 is 11.6 Å². The molecule has 0 aliphatic carbocycles. The van der Waals surface area contributed by atoms with Gasteiger partial charge in [-0.25, -0.2) is 4.98 Å². The molecule has 1 N–H and O–H groups in total. The second-order valence-corrected chi connectivity index (χ2v) is 3.97. The Morgan fingerprint density at radius 2 is 2.31 bits per heavy atom. The first-order valence-electron chi connectivity index (χ1n) is 5.60. The van der Waals surface area contributed by atoms with Gasteiger partial charge in [0, 0.05) is 30.9 Å². The van der Waals surface area contributed by atoms with Crippen molar-refractivity contribution < 1.29 is 0 Å². The molecule has 16 heavy (non-hydrogen) atoms. The Labute approximate surface area is 101 Å². The first-order chi connectivity index (χ1) is 7.72. The minimum atomic E-state index is -0.0713. The van der Waals surface area contributed by atoms with Gasteiger partial charge in [-0.3, -0.25) is 4.79 Å². The zero-order chi connectivity index (χ0) is 12.0. The molecule has 0 radical (unpaired) electrons. The molecule has 0 aromatic carbocycles. The summed E-state index contributed by atoms with van der Waals surface area (Å²) in [6.07, 6.45) is 5.09. The van der Waals surface area contributed by atoms with Gasteiger partial charge in [-0.2, -0.15) is 0 Å². The maximum atomic E-state index is 11.9. The van der Waals surface area contributed by atoms with E-state index in [4.69, 9.17) is 11.6 Å². The van der Waals surface area contributed by atoms with Crippen LogP contribution in [0.3, 0.4) is 0 Å². The number of nitrogens with zero attached hydrogens (tertiary/aromatic N) is 2. The minimum absolute atomic E-state index is 0.0713. The van der Waals surface area contributed by atoms with Gasteiger partial charge in [0.2, 0.25) is 0 Å². The van der Waals surface area contributed by atoms with Crippen molar-refractivity contribution in [2.75, 3.05) is 11.2 Å². The van der Waals surface area contributed by atoms with Crippen molar-refractivity contribution in [1.82, 2.24) is 9.55 Å². The summed E-state index contributed by atoms with van der Waals surface area (Å²) in [4.78, 5) is 15.9. The summed E-state index contributed by atoms with van der Waals surface area (Å²) >= 11 is 5.70. The van der Waals surface area contributed by atoms with Crippen molar-refractivity contribution in [3.05, 3.63) is 22.7 Å². The van der Waals surface area contributed by atoms with Gasteiger partial charge in [0.05, 0.1) is 0 Å². The highest BCUT2D eigenvalue weighted by Crippen LogP contribution is 2.05. The molecular formula is C11H18ClN3O. The maximum Gasteiger partial charge on any atom is 0.293 e. The SMILES string of the molecule is CCC(CCCl)Nc1nccn(CC)c1=O. The van der Waals surface area contributed by atoms with Crippen LogP contribution in [-0.4, -0.2) is 21.5 Å². The van der Waals surface area contributed by atoms with E-state index in [2.05, 4.69) is 17.2 Å². The van der Waals surface area contributed by atoms with E-state index in [1.807, 2.05) is 6.92 Å². The molecule has 90 valence electrons. The molecule has 1 atom stereocenters. The smallest absolute Gasteiger partial charge is 0.293 e. The first kappa shape index (κ1) is 13.0. The molecule has 1 heterocycles. The third-order valence-electron chi connectivity index (χ3n) is 2.55. The molecule has 1 aromatic rings. The predicted octanol–water partition coefficient (Wildman–Crippen LogP) is 2.08. The van der Waals surface area contributed by atoms with E-state index in [9.17, 15) is 4.79 Å². The normalized spacial score (nSPS) is 12.4. The fourth-order valence-corrected chi connectivity index (χ4v) is 1.76. The highest BCUT2D eigenvalue weighted by molar-refractivity contribution is 6.17. The third kappa shape index (κ3) is 3.23. The van der Waals surface area contributed by atoms with Crippen LogP contribution in [0, 0.1) is 0 Å². The molecule has 0 saturated heterocycles. The largest absolute Gasteiger partial charge is 0.363 e. The van der Waals surface area contributed by atoms with Gasteiger partial charge in [-0.05, 0) is 19.8 Å². The van der Waals surface area contributed by atoms with Gasteiger partial charge in [-0.15, -0.1) is 11.6 Å². The summed E-state index contributed by atoms with van der Waals surface area (Å²) in [5, 5.41) is 3.14. The Balaban J connectivity index is 2.84. The number of hydrogen-bond acceptors (Lipinski definition) is 3. The summed E-state index contributed by atoms with van der Waals surface area (Å²) < 4.78 is 1.63. The lowest BCUT2D eigenvalue weighted by Crippen LogP contribution is -2.28. The summed E-state index contributed by atoms with van der Waals surface area (Å²) in [5.74, 6) is 1.00. The number of rotatable bonds is 6. The van der Waals surface area contributed by atoms with Crippen LogP contribution < -0.4 is 10.9 Å². The topological polar surface area (TPSA) is 46.9 Å². The second-order valence-electron chi connectivity index (χ2n) is 3.59. The van der Waals surface area contributed by atoms with Crippen molar-refractivity contribution >= 4 is 17.4 Å². The van der Waals surface area contributed by atoms with Crippen LogP contribution in [0.1, 0.15) is 26.7 Å². The molecule has 1 rings (SSSR count). The number of aromatic nitrogens is 2. The van der Waals surface area contributed by atoms with Crippen molar-refractivity contribution in [3.8, 4) is 0 Å². The lowest BCUT2D eigenvalue weighted by Gasteiger charge is -2.16. The quantitative estimate of drug-likeness (QED) is 0.779. The standard InChI is InChI=1S/C11H18ClN3O/c1-3-9(5-6-12)14-10-11(16)15(4-2)8-7-13-10/h7-9H,3-6H2,1-2H3,(H,13,14). The third-order valence-corrected chi connectivity index (χ3v) is 2.76. The Hall–Kier alpha value is -1.03. The van der Waals surface area contributed by atoms with E-state index in [1.165, 1.54) is 0 Å². The molecule has 0 aliphatic heterocycles. The van der Waals surface area contributed by atoms with E-state index in [1.54, 1.807) is 17.0 Å². The summed E-state index contributed by atoms with van der Waals surface area (Å²) in [5.41, 5.74) is -0.0713. The molecule has 0 amide bonds. The highest BCUT2D eigenvalue weighted by atomic mass is 35.5. The molecule has 1 aromatic heterocycles. The molecule has 0 aliphatic rings. The van der Waals surface area contributed by atoms with E-state index >= 15 is 0 Å². The number of alkyl halides is 1. The fraction of sp³-hybridized carbons (Fsp3) is 0.636. The summed E-state index contributed by atoms with van der Waals surface area (Å²) in [6.45, 7) is 4.65. The number of anilines is 1. The molecular weight excluding hydrogens is 226 g/mol. The van der Waals surface area contributed by atoms with Gasteiger partial charge >= 0.3 is 0 Å². The molecule has 0 spiro atoms. The summed E-state index contributed by atoms with van der Waals surface area (Å²) in [6, 6.07) is 0.213. The summed E-state index contributed by atoms with van der Waals surface area (Å²) in [7, 11) is 0. The van der Waals surface area contributed by atoms with Gasteiger partial charge in [0.25, 0.3) is 5.56 Å². The second kappa shape index (κ2) is 6.53. The molecule has 1 unspecified atom stereocenters. The van der Waals surface area contributed by atoms with E-state index in [0.29, 0.717) is 18.2 Å². The van der Waals surface area contributed by atoms with Crippen LogP contribution in [-0.2, 0) is 6.54 Å². The van der Waals surface area contributed by atoms with Crippen molar-refractivity contribution in [2.24, 2.45) is 0 Å². The zero-order valence-electron chi connectivity index (χ0n) is 9.74. The molecule has 4 nitrogen and oxygen atoms in total. The Bertz CT molecular complexity index is 378. The van der Waals surface area contributed by atoms with Gasteiger partial charge in [-0.1, -0.05) is 6.92 Å². The average molecular weight is 244 g/mol. The lowest BCUT2D eigenvalue weighted by atomic mass is 10.2. The number of aryl methyl sites for hydroxylation is 1. The average Bonchev–Trinajstić information content (AvgIpc) is 2.31. The van der Waals surface area contributed by atoms with Gasteiger partial charge < -0.3 is 9.88 Å². The van der Waals surface area contributed by atoms with Crippen LogP contribution in [0.15, 0.2) is 17.2 Å². The van der Waals surface area contributed by atoms with E-state index < -0.39 is 0 Å². The molecule has 0 bridgehead atoms. The van der Waals surface area contributed by atoms with Crippen LogP contribution in [0.25, 0.3) is 0 Å².